The smallest absolute Gasteiger partial charge is 0.292 e. The summed E-state index contributed by atoms with van der Waals surface area (Å²) in [5, 5.41) is 24.1. The van der Waals surface area contributed by atoms with Crippen LogP contribution in [0.5, 0.6) is 5.75 Å². The van der Waals surface area contributed by atoms with Crippen molar-refractivity contribution in [3.63, 3.8) is 0 Å². The van der Waals surface area contributed by atoms with E-state index in [1.807, 2.05) is 24.3 Å². The van der Waals surface area contributed by atoms with Crippen LogP contribution < -0.4 is 10.1 Å². The molecule has 248 valence electrons. The Labute approximate surface area is 277 Å². The average Bonchev–Trinajstić information content (AvgIpc) is 3.42. The highest BCUT2D eigenvalue weighted by atomic mass is 79.9. The molecule has 3 aliphatic rings. The minimum Gasteiger partial charge on any atom is -0.494 e. The molecule has 2 unspecified atom stereocenters. The van der Waals surface area contributed by atoms with Crippen LogP contribution in [0.2, 0.25) is 0 Å². The molecule has 1 aromatic rings. The van der Waals surface area contributed by atoms with Gasteiger partial charge in [0.2, 0.25) is 5.91 Å². The molecule has 45 heavy (non-hydrogen) atoms. The summed E-state index contributed by atoms with van der Waals surface area (Å²) in [4.78, 5) is 16.8. The molecule has 0 saturated heterocycles. The molecule has 1 aliphatic heterocycles. The molecular weight excluding hydrogens is 636 g/mol. The van der Waals surface area contributed by atoms with Crippen LogP contribution in [0.15, 0.2) is 69.9 Å². The number of amidine groups is 1. The topological polar surface area (TPSA) is 110 Å². The molecule has 1 aromatic carbocycles. The monoisotopic (exact) mass is 686 g/mol. The molecule has 0 radical (unpaired) electrons. The fourth-order valence-electron chi connectivity index (χ4n) is 6.36. The molecule has 3 N–H and O–H groups in total. The van der Waals surface area contributed by atoms with E-state index in [2.05, 4.69) is 85.7 Å². The van der Waals surface area contributed by atoms with E-state index >= 15 is 0 Å². The number of aliphatic imine (C=N–C) groups is 1. The number of carbonyl (C=O) groups is 1. The van der Waals surface area contributed by atoms with Gasteiger partial charge in [0, 0.05) is 11.3 Å². The van der Waals surface area contributed by atoms with Gasteiger partial charge < -0.3 is 24.4 Å². The molecule has 0 bridgehead atoms. The number of rotatable bonds is 14. The molecule has 4 rings (SSSR count). The molecule has 1 heterocycles. The van der Waals surface area contributed by atoms with Crippen LogP contribution in [0.4, 0.5) is 0 Å². The first-order chi connectivity index (χ1) is 21.4. The highest BCUT2D eigenvalue weighted by molar-refractivity contribution is 9.10. The van der Waals surface area contributed by atoms with Gasteiger partial charge >= 0.3 is 0 Å². The van der Waals surface area contributed by atoms with Gasteiger partial charge in [-0.15, -0.1) is 0 Å². The van der Waals surface area contributed by atoms with Gasteiger partial charge in [-0.3, -0.25) is 10.1 Å². The summed E-state index contributed by atoms with van der Waals surface area (Å²) < 4.78 is 19.0. The molecule has 9 heteroatoms. The summed E-state index contributed by atoms with van der Waals surface area (Å²) in [7, 11) is 0. The molecule has 1 amide bonds. The van der Waals surface area contributed by atoms with Crippen molar-refractivity contribution in [2.75, 3.05) is 13.2 Å². The van der Waals surface area contributed by atoms with Crippen molar-refractivity contribution < 1.29 is 29.2 Å². The molecule has 8 nitrogen and oxygen atoms in total. The van der Waals surface area contributed by atoms with Crippen molar-refractivity contribution in [2.45, 2.75) is 97.6 Å². The molecule has 2 aliphatic carbocycles. The summed E-state index contributed by atoms with van der Waals surface area (Å²) in [6, 6.07) is 7.67. The summed E-state index contributed by atoms with van der Waals surface area (Å²) in [5.41, 5.74) is 1.22. The summed E-state index contributed by atoms with van der Waals surface area (Å²) >= 11 is 3.45. The molecule has 8 atom stereocenters. The summed E-state index contributed by atoms with van der Waals surface area (Å²) in [6.45, 7) is 15.9. The van der Waals surface area contributed by atoms with Crippen LogP contribution >= 0.6 is 15.9 Å². The van der Waals surface area contributed by atoms with Gasteiger partial charge in [-0.2, -0.15) is 0 Å². The zero-order valence-corrected chi connectivity index (χ0v) is 29.0. The number of carbonyl (C=O) groups excluding carboxylic acids is 1. The molecule has 0 spiro atoms. The number of fused-ring (bicyclic) bond motifs is 1. The lowest BCUT2D eigenvalue weighted by molar-refractivity contribution is -0.122. The Balaban J connectivity index is 1.23. The second kappa shape index (κ2) is 15.8. The molecular formula is C36H51BrN2O6. The first kappa shape index (κ1) is 35.2. The number of amides is 1. The third-order valence-electron chi connectivity index (χ3n) is 9.55. The van der Waals surface area contributed by atoms with Crippen LogP contribution in [-0.2, 0) is 14.3 Å². The number of nitrogens with zero attached hydrogens (tertiary/aromatic N) is 1. The lowest BCUT2D eigenvalue weighted by Gasteiger charge is -2.45. The second-order valence-corrected chi connectivity index (χ2v) is 14.5. The molecule has 0 saturated carbocycles. The Morgan fingerprint density at radius 1 is 1.24 bits per heavy atom. The van der Waals surface area contributed by atoms with Crippen molar-refractivity contribution in [2.24, 2.45) is 34.1 Å². The van der Waals surface area contributed by atoms with E-state index < -0.39 is 18.1 Å². The van der Waals surface area contributed by atoms with E-state index in [0.29, 0.717) is 36.5 Å². The lowest BCUT2D eigenvalue weighted by Crippen LogP contribution is -2.41. The fourth-order valence-corrected chi connectivity index (χ4v) is 6.76. The lowest BCUT2D eigenvalue weighted by atomic mass is 9.65. The van der Waals surface area contributed by atoms with Crippen molar-refractivity contribution in [3.05, 3.63) is 64.9 Å². The van der Waals surface area contributed by atoms with E-state index in [9.17, 15) is 15.0 Å². The first-order valence-electron chi connectivity index (χ1n) is 16.4. The Morgan fingerprint density at radius 2 is 2.00 bits per heavy atom. The average molecular weight is 688 g/mol. The van der Waals surface area contributed by atoms with Gasteiger partial charge in [0.15, 0.2) is 6.10 Å². The van der Waals surface area contributed by atoms with E-state index in [1.54, 1.807) is 0 Å². The van der Waals surface area contributed by atoms with Crippen molar-refractivity contribution in [1.82, 2.24) is 5.32 Å². The van der Waals surface area contributed by atoms with Crippen LogP contribution in [0.1, 0.15) is 73.1 Å². The van der Waals surface area contributed by atoms with Crippen LogP contribution in [0.3, 0.4) is 0 Å². The van der Waals surface area contributed by atoms with E-state index in [-0.39, 0.29) is 49.0 Å². The second-order valence-electron chi connectivity index (χ2n) is 13.6. The number of para-hydroxylation sites is 1. The number of halogens is 1. The van der Waals surface area contributed by atoms with Crippen LogP contribution in [0.25, 0.3) is 0 Å². The summed E-state index contributed by atoms with van der Waals surface area (Å²) in [6.07, 6.45) is 8.07. The normalized spacial score (nSPS) is 27.4. The zero-order chi connectivity index (χ0) is 32.7. The summed E-state index contributed by atoms with van der Waals surface area (Å²) in [5.74, 6) is 2.40. The SMILES string of the molecule is C=C(O[C@H]1C[C@@H](C)C=C2C=C[C@H](C)[C@H](CC[C@@H](O)C[C@@H](O)CC(=O)NC3=NCC(COc4ccccc4Br)O3)C21)C(C)(C)CC. The number of nitrogens with one attached hydrogen (secondary N) is 1. The largest absolute Gasteiger partial charge is 0.494 e. The first-order valence-corrected chi connectivity index (χ1v) is 17.2. The fraction of sp³-hybridized carbons (Fsp3) is 0.611. The van der Waals surface area contributed by atoms with Gasteiger partial charge in [-0.25, -0.2) is 4.99 Å². The van der Waals surface area contributed by atoms with Crippen molar-refractivity contribution in [3.8, 4) is 5.75 Å². The molecule has 0 fully saturated rings. The van der Waals surface area contributed by atoms with E-state index in [4.69, 9.17) is 14.2 Å². The van der Waals surface area contributed by atoms with Gasteiger partial charge in [0.1, 0.15) is 18.5 Å². The Kier molecular flexibility index (Phi) is 12.4. The maximum absolute atomic E-state index is 12.6. The van der Waals surface area contributed by atoms with E-state index in [1.165, 1.54) is 5.57 Å². The standard InChI is InChI=1S/C36H51BrN2O6/c1-7-36(5,6)24(4)44-32-17-22(2)16-25-13-12-23(3)29(34(25)32)15-14-26(40)18-27(41)19-33(42)39-35-38-20-28(45-35)21-43-31-11-9-8-10-30(31)37/h8-13,16,22-23,26-29,32,34,40-41H,4,7,14-15,17-21H2,1-3,5-6H3,(H,38,39,42)/t22-,23-,26+,27+,28?,29-,32-,34?/m0/s1. The van der Waals surface area contributed by atoms with Crippen molar-refractivity contribution >= 4 is 27.9 Å². The van der Waals surface area contributed by atoms with E-state index in [0.717, 1.165) is 29.5 Å². The quantitative estimate of drug-likeness (QED) is 0.188. The van der Waals surface area contributed by atoms with Gasteiger partial charge in [0.05, 0.1) is 35.4 Å². The number of ether oxygens (including phenoxy) is 3. The number of allylic oxidation sites excluding steroid dienone is 4. The maximum atomic E-state index is 12.6. The Morgan fingerprint density at radius 3 is 2.73 bits per heavy atom. The minimum atomic E-state index is -0.984. The third kappa shape index (κ3) is 9.69. The Hall–Kier alpha value is -2.62. The van der Waals surface area contributed by atoms with Gasteiger partial charge in [-0.1, -0.05) is 71.6 Å². The molecule has 0 aromatic heterocycles. The number of aliphatic hydroxyl groups is 2. The van der Waals surface area contributed by atoms with Gasteiger partial charge in [0.25, 0.3) is 6.02 Å². The minimum absolute atomic E-state index is 0.0363. The third-order valence-corrected chi connectivity index (χ3v) is 10.2. The van der Waals surface area contributed by atoms with Gasteiger partial charge in [-0.05, 0) is 83.5 Å². The van der Waals surface area contributed by atoms with Crippen LogP contribution in [-0.4, -0.2) is 59.7 Å². The van der Waals surface area contributed by atoms with Crippen LogP contribution in [0, 0.1) is 29.1 Å². The highest BCUT2D eigenvalue weighted by Gasteiger charge is 2.41. The predicted molar refractivity (Wildman–Crippen MR) is 181 cm³/mol. The number of aliphatic hydroxyl groups excluding tert-OH is 2. The number of hydrogen-bond acceptors (Lipinski definition) is 7. The number of benzene rings is 1. The number of hydrogen-bond donors (Lipinski definition) is 3. The zero-order valence-electron chi connectivity index (χ0n) is 27.4. The predicted octanol–water partition coefficient (Wildman–Crippen LogP) is 6.72. The highest BCUT2D eigenvalue weighted by Crippen LogP contribution is 2.46. The maximum Gasteiger partial charge on any atom is 0.292 e. The van der Waals surface area contributed by atoms with Crippen molar-refractivity contribution in [1.29, 1.82) is 0 Å². The Bertz CT molecular complexity index is 1280.